The molecule has 2 aromatic carbocycles. The summed E-state index contributed by atoms with van der Waals surface area (Å²) in [6.45, 7) is 1.66. The van der Waals surface area contributed by atoms with Gasteiger partial charge in [-0.25, -0.2) is 12.8 Å². The zero-order chi connectivity index (χ0) is 20.5. The van der Waals surface area contributed by atoms with Crippen LogP contribution in [0.2, 0.25) is 5.02 Å². The van der Waals surface area contributed by atoms with E-state index in [1.807, 2.05) is 0 Å². The Morgan fingerprint density at radius 3 is 2.32 bits per heavy atom. The fourth-order valence-electron chi connectivity index (χ4n) is 3.70. The van der Waals surface area contributed by atoms with Crippen molar-refractivity contribution in [3.8, 4) is 0 Å². The number of ether oxygens (including phenoxy) is 1. The molecule has 3 atom stereocenters. The van der Waals surface area contributed by atoms with E-state index in [0.29, 0.717) is 23.4 Å². The molecule has 150 valence electrons. The van der Waals surface area contributed by atoms with Gasteiger partial charge in [0.2, 0.25) is 10.0 Å². The smallest absolute Gasteiger partial charge is 0.310 e. The predicted molar refractivity (Wildman–Crippen MR) is 104 cm³/mol. The van der Waals surface area contributed by atoms with Crippen LogP contribution in [0.4, 0.5) is 4.39 Å². The van der Waals surface area contributed by atoms with Gasteiger partial charge in [-0.1, -0.05) is 30.7 Å². The van der Waals surface area contributed by atoms with E-state index < -0.39 is 39.8 Å². The van der Waals surface area contributed by atoms with Crippen LogP contribution in [0.5, 0.6) is 0 Å². The molecule has 5 nitrogen and oxygen atoms in total. The van der Waals surface area contributed by atoms with Crippen molar-refractivity contribution in [1.29, 1.82) is 0 Å². The average molecular weight is 426 g/mol. The van der Waals surface area contributed by atoms with Crippen LogP contribution >= 0.6 is 11.6 Å². The van der Waals surface area contributed by atoms with Crippen molar-refractivity contribution in [2.45, 2.75) is 36.7 Å². The van der Waals surface area contributed by atoms with Gasteiger partial charge in [-0.2, -0.15) is 4.31 Å². The summed E-state index contributed by atoms with van der Waals surface area (Å²) in [5, 5.41) is 0.426. The summed E-state index contributed by atoms with van der Waals surface area (Å²) in [5.41, 5.74) is 0.679. The average Bonchev–Trinajstić information content (AvgIpc) is 3.13. The Balaban J connectivity index is 2.07. The van der Waals surface area contributed by atoms with Crippen molar-refractivity contribution in [1.82, 2.24) is 4.31 Å². The molecular formula is C20H21ClFNO4S. The minimum Gasteiger partial charge on any atom is -0.469 e. The Hall–Kier alpha value is -1.96. The van der Waals surface area contributed by atoms with Crippen LogP contribution < -0.4 is 0 Å². The molecule has 8 heteroatoms. The molecule has 1 aliphatic rings. The van der Waals surface area contributed by atoms with Crippen LogP contribution in [0.1, 0.15) is 31.4 Å². The van der Waals surface area contributed by atoms with E-state index in [0.717, 1.165) is 0 Å². The lowest BCUT2D eigenvalue weighted by Crippen LogP contribution is -2.43. The van der Waals surface area contributed by atoms with Crippen LogP contribution in [-0.4, -0.2) is 31.8 Å². The predicted octanol–water partition coefficient (Wildman–Crippen LogP) is 4.18. The van der Waals surface area contributed by atoms with Crippen LogP contribution in [-0.2, 0) is 19.6 Å². The number of rotatable bonds is 5. The number of carbonyl (C=O) groups excluding carboxylic acids is 1. The van der Waals surface area contributed by atoms with Crippen molar-refractivity contribution in [2.75, 3.05) is 7.11 Å². The third kappa shape index (κ3) is 3.92. The fourth-order valence-corrected chi connectivity index (χ4v) is 5.76. The molecule has 0 radical (unpaired) electrons. The molecule has 2 aromatic rings. The highest BCUT2D eigenvalue weighted by atomic mass is 35.5. The molecule has 1 heterocycles. The number of hydrogen-bond acceptors (Lipinski definition) is 4. The van der Waals surface area contributed by atoms with Crippen molar-refractivity contribution in [3.63, 3.8) is 0 Å². The van der Waals surface area contributed by atoms with Gasteiger partial charge in [0.05, 0.1) is 24.0 Å². The SMILES string of the molecule is COC(=O)C(C)C1CCC(c2ccc(F)cc2)N1S(=O)(=O)c1ccc(Cl)cc1. The molecular weight excluding hydrogens is 405 g/mol. The van der Waals surface area contributed by atoms with Gasteiger partial charge in [0.25, 0.3) is 0 Å². The lowest BCUT2D eigenvalue weighted by molar-refractivity contribution is -0.146. The summed E-state index contributed by atoms with van der Waals surface area (Å²) in [5.74, 6) is -1.51. The van der Waals surface area contributed by atoms with Crippen LogP contribution in [0, 0.1) is 11.7 Å². The monoisotopic (exact) mass is 425 g/mol. The number of esters is 1. The minimum atomic E-state index is -3.93. The fraction of sp³-hybridized carbons (Fsp3) is 0.350. The Bertz CT molecular complexity index is 947. The first-order valence-corrected chi connectivity index (χ1v) is 10.7. The zero-order valence-corrected chi connectivity index (χ0v) is 17.1. The first kappa shape index (κ1) is 20.8. The Morgan fingerprint density at radius 2 is 1.75 bits per heavy atom. The lowest BCUT2D eigenvalue weighted by atomic mass is 10.0. The molecule has 0 aliphatic carbocycles. The largest absolute Gasteiger partial charge is 0.469 e. The second kappa shape index (κ2) is 8.19. The third-order valence-corrected chi connectivity index (χ3v) is 7.36. The molecule has 3 rings (SSSR count). The van der Waals surface area contributed by atoms with Crippen LogP contribution in [0.3, 0.4) is 0 Å². The van der Waals surface area contributed by atoms with E-state index in [2.05, 4.69) is 0 Å². The number of carbonyl (C=O) groups is 1. The van der Waals surface area contributed by atoms with Crippen molar-refractivity contribution >= 4 is 27.6 Å². The van der Waals surface area contributed by atoms with E-state index in [1.54, 1.807) is 19.1 Å². The Kier molecular flexibility index (Phi) is 6.07. The summed E-state index contributed by atoms with van der Waals surface area (Å²) in [6.07, 6.45) is 1.01. The standard InChI is InChI=1S/C20H21ClFNO4S/c1-13(20(24)27-2)18-11-12-19(14-3-7-16(22)8-4-14)23(18)28(25,26)17-9-5-15(21)6-10-17/h3-10,13,18-19H,11-12H2,1-2H3. The number of methoxy groups -OCH3 is 1. The van der Waals surface area contributed by atoms with Crippen LogP contribution in [0.15, 0.2) is 53.4 Å². The van der Waals surface area contributed by atoms with Gasteiger partial charge >= 0.3 is 5.97 Å². The van der Waals surface area contributed by atoms with E-state index in [1.165, 1.54) is 47.8 Å². The molecule has 0 spiro atoms. The third-order valence-electron chi connectivity index (χ3n) is 5.16. The quantitative estimate of drug-likeness (QED) is 0.674. The van der Waals surface area contributed by atoms with Crippen molar-refractivity contribution in [3.05, 3.63) is 64.9 Å². The molecule has 0 aromatic heterocycles. The van der Waals surface area contributed by atoms with E-state index >= 15 is 0 Å². The Morgan fingerprint density at radius 1 is 1.14 bits per heavy atom. The highest BCUT2D eigenvalue weighted by Crippen LogP contribution is 2.43. The first-order valence-electron chi connectivity index (χ1n) is 8.88. The maximum atomic E-state index is 13.5. The highest BCUT2D eigenvalue weighted by molar-refractivity contribution is 7.89. The molecule has 0 amide bonds. The molecule has 1 fully saturated rings. The topological polar surface area (TPSA) is 63.7 Å². The zero-order valence-electron chi connectivity index (χ0n) is 15.5. The van der Waals surface area contributed by atoms with Gasteiger partial charge in [0, 0.05) is 11.1 Å². The Labute approximate surface area is 169 Å². The number of hydrogen-bond donors (Lipinski definition) is 0. The molecule has 0 saturated carbocycles. The van der Waals surface area contributed by atoms with Crippen LogP contribution in [0.25, 0.3) is 0 Å². The van der Waals surface area contributed by atoms with Gasteiger partial charge < -0.3 is 4.74 Å². The maximum absolute atomic E-state index is 13.5. The summed E-state index contributed by atoms with van der Waals surface area (Å²) in [6, 6.07) is 10.6. The lowest BCUT2D eigenvalue weighted by Gasteiger charge is -2.32. The first-order chi connectivity index (χ1) is 13.3. The summed E-state index contributed by atoms with van der Waals surface area (Å²) >= 11 is 5.90. The van der Waals surface area contributed by atoms with Gasteiger partial charge in [0.1, 0.15) is 5.82 Å². The van der Waals surface area contributed by atoms with Gasteiger partial charge in [-0.15, -0.1) is 0 Å². The maximum Gasteiger partial charge on any atom is 0.310 e. The van der Waals surface area contributed by atoms with E-state index in [4.69, 9.17) is 16.3 Å². The normalized spacial score (nSPS) is 21.4. The number of sulfonamides is 1. The second-order valence-corrected chi connectivity index (χ2v) is 9.09. The molecule has 28 heavy (non-hydrogen) atoms. The second-order valence-electron chi connectivity index (χ2n) is 6.81. The highest BCUT2D eigenvalue weighted by Gasteiger charge is 2.46. The summed E-state index contributed by atoms with van der Waals surface area (Å²) in [4.78, 5) is 12.2. The van der Waals surface area contributed by atoms with E-state index in [9.17, 15) is 17.6 Å². The van der Waals surface area contributed by atoms with E-state index in [-0.39, 0.29) is 4.90 Å². The summed E-state index contributed by atoms with van der Waals surface area (Å²) in [7, 11) is -2.64. The number of halogens is 2. The van der Waals surface area contributed by atoms with Crippen molar-refractivity contribution < 1.29 is 22.3 Å². The number of nitrogens with zero attached hydrogens (tertiary/aromatic N) is 1. The minimum absolute atomic E-state index is 0.0907. The van der Waals surface area contributed by atoms with Gasteiger partial charge in [-0.3, -0.25) is 4.79 Å². The summed E-state index contributed by atoms with van der Waals surface area (Å²) < 4.78 is 46.5. The molecule has 3 unspecified atom stereocenters. The van der Waals surface area contributed by atoms with Gasteiger partial charge in [0.15, 0.2) is 0 Å². The molecule has 0 N–H and O–H groups in total. The molecule has 0 bridgehead atoms. The van der Waals surface area contributed by atoms with Gasteiger partial charge in [-0.05, 0) is 54.8 Å². The van der Waals surface area contributed by atoms with Crippen molar-refractivity contribution in [2.24, 2.45) is 5.92 Å². The molecule has 1 aliphatic heterocycles. The number of benzene rings is 2. The molecule has 1 saturated heterocycles.